The van der Waals surface area contributed by atoms with Gasteiger partial charge < -0.3 is 0 Å². The maximum atomic E-state index is 13.7. The number of nitrogens with one attached hydrogen (secondary N) is 2. The summed E-state index contributed by atoms with van der Waals surface area (Å²) in [5.74, 6) is -1.14. The highest BCUT2D eigenvalue weighted by Gasteiger charge is 2.17. The van der Waals surface area contributed by atoms with E-state index in [1.54, 1.807) is 19.1 Å². The molecule has 0 amide bonds. The van der Waals surface area contributed by atoms with E-state index >= 15 is 0 Å². The second-order valence-electron chi connectivity index (χ2n) is 6.90. The fraction of sp³-hybridized carbons (Fsp3) is 0.143. The minimum atomic E-state index is -3.87. The number of benzene rings is 3. The monoisotopic (exact) mass is 448 g/mol. The summed E-state index contributed by atoms with van der Waals surface area (Å²) in [5, 5.41) is 0. The number of sulfonamides is 2. The van der Waals surface area contributed by atoms with Crippen molar-refractivity contribution in [2.24, 2.45) is 0 Å². The van der Waals surface area contributed by atoms with Gasteiger partial charge in [-0.15, -0.1) is 0 Å². The van der Waals surface area contributed by atoms with Crippen LogP contribution in [0.2, 0.25) is 0 Å². The minimum Gasteiger partial charge on any atom is -0.283 e. The molecule has 30 heavy (non-hydrogen) atoms. The largest absolute Gasteiger partial charge is 0.283 e. The van der Waals surface area contributed by atoms with Crippen molar-refractivity contribution in [3.8, 4) is 0 Å². The zero-order valence-electron chi connectivity index (χ0n) is 16.4. The summed E-state index contributed by atoms with van der Waals surface area (Å²) in [5.41, 5.74) is 2.39. The summed E-state index contributed by atoms with van der Waals surface area (Å²) in [6.45, 7) is 3.66. The van der Waals surface area contributed by atoms with Gasteiger partial charge >= 0.3 is 0 Å². The topological polar surface area (TPSA) is 92.3 Å². The number of aryl methyl sites for hydroxylation is 2. The molecule has 0 aliphatic heterocycles. The Bertz CT molecular complexity index is 1270. The molecule has 0 spiro atoms. The van der Waals surface area contributed by atoms with Gasteiger partial charge in [0.15, 0.2) is 0 Å². The van der Waals surface area contributed by atoms with Crippen LogP contribution in [-0.2, 0) is 25.8 Å². The average molecular weight is 449 g/mol. The molecular weight excluding hydrogens is 427 g/mol. The molecule has 0 saturated carbocycles. The Labute approximate surface area is 175 Å². The Balaban J connectivity index is 1.75. The summed E-state index contributed by atoms with van der Waals surface area (Å²) in [7, 11) is -7.72. The van der Waals surface area contributed by atoms with Crippen molar-refractivity contribution < 1.29 is 21.2 Å². The van der Waals surface area contributed by atoms with E-state index in [9.17, 15) is 21.2 Å². The van der Waals surface area contributed by atoms with Crippen LogP contribution in [0.4, 0.5) is 15.8 Å². The third kappa shape index (κ3) is 5.37. The molecule has 3 rings (SSSR count). The summed E-state index contributed by atoms with van der Waals surface area (Å²) in [6, 6.07) is 16.3. The van der Waals surface area contributed by atoms with Gasteiger partial charge in [0.25, 0.3) is 10.0 Å². The summed E-state index contributed by atoms with van der Waals surface area (Å²) < 4.78 is 68.5. The van der Waals surface area contributed by atoms with E-state index in [0.717, 1.165) is 11.1 Å². The van der Waals surface area contributed by atoms with Crippen LogP contribution in [0.3, 0.4) is 0 Å². The van der Waals surface area contributed by atoms with Gasteiger partial charge in [-0.1, -0.05) is 30.3 Å². The second-order valence-corrected chi connectivity index (χ2v) is 10.3. The first-order valence-corrected chi connectivity index (χ1v) is 12.1. The van der Waals surface area contributed by atoms with Crippen molar-refractivity contribution in [2.75, 3.05) is 9.44 Å². The highest BCUT2D eigenvalue weighted by molar-refractivity contribution is 7.92. The highest BCUT2D eigenvalue weighted by atomic mass is 32.2. The van der Waals surface area contributed by atoms with Gasteiger partial charge in [0, 0.05) is 11.3 Å². The summed E-state index contributed by atoms with van der Waals surface area (Å²) in [6.07, 6.45) is 0. The predicted octanol–water partition coefficient (Wildman–Crippen LogP) is 4.19. The maximum absolute atomic E-state index is 13.7. The van der Waals surface area contributed by atoms with E-state index in [2.05, 4.69) is 9.44 Å². The molecule has 0 atom stereocenters. The number of hydrogen-bond donors (Lipinski definition) is 2. The molecule has 0 saturated heterocycles. The Morgan fingerprint density at radius 3 is 2.17 bits per heavy atom. The Kier molecular flexibility index (Phi) is 6.14. The average Bonchev–Trinajstić information content (AvgIpc) is 2.66. The van der Waals surface area contributed by atoms with Crippen molar-refractivity contribution >= 4 is 31.4 Å². The Morgan fingerprint density at radius 1 is 0.833 bits per heavy atom. The van der Waals surface area contributed by atoms with Crippen molar-refractivity contribution in [3.63, 3.8) is 0 Å². The predicted molar refractivity (Wildman–Crippen MR) is 116 cm³/mol. The van der Waals surface area contributed by atoms with Gasteiger partial charge in [-0.3, -0.25) is 9.44 Å². The third-order valence-corrected chi connectivity index (χ3v) is 7.00. The van der Waals surface area contributed by atoms with E-state index in [1.165, 1.54) is 42.5 Å². The lowest BCUT2D eigenvalue weighted by Crippen LogP contribution is -2.16. The molecule has 0 unspecified atom stereocenters. The number of halogens is 1. The zero-order valence-corrected chi connectivity index (χ0v) is 18.0. The standard InChI is InChI=1S/C21H21FN2O4S2/c1-15-7-8-16(2)21(13-15)24-30(27,28)19-11-9-18(10-12-19)23-29(25,26)14-17-5-3-4-6-20(17)22/h3-13,23-24H,14H2,1-2H3. The second kappa shape index (κ2) is 8.45. The van der Waals surface area contributed by atoms with Gasteiger partial charge in [-0.2, -0.15) is 0 Å². The summed E-state index contributed by atoms with van der Waals surface area (Å²) >= 11 is 0. The number of rotatable bonds is 7. The smallest absolute Gasteiger partial charge is 0.261 e. The van der Waals surface area contributed by atoms with E-state index in [1.807, 2.05) is 19.1 Å². The summed E-state index contributed by atoms with van der Waals surface area (Å²) in [4.78, 5) is -0.0135. The molecule has 0 aliphatic rings. The maximum Gasteiger partial charge on any atom is 0.261 e. The molecule has 0 radical (unpaired) electrons. The normalized spacial score (nSPS) is 11.8. The Morgan fingerprint density at radius 2 is 1.50 bits per heavy atom. The fourth-order valence-electron chi connectivity index (χ4n) is 2.79. The molecule has 9 heteroatoms. The van der Waals surface area contributed by atoms with Crippen LogP contribution in [-0.4, -0.2) is 16.8 Å². The van der Waals surface area contributed by atoms with Crippen molar-refractivity contribution in [3.05, 3.63) is 89.2 Å². The van der Waals surface area contributed by atoms with Crippen LogP contribution >= 0.6 is 0 Å². The first-order valence-electron chi connectivity index (χ1n) is 9.00. The zero-order chi connectivity index (χ0) is 21.9. The van der Waals surface area contributed by atoms with Crippen LogP contribution in [0.1, 0.15) is 16.7 Å². The van der Waals surface area contributed by atoms with Gasteiger partial charge in [0.1, 0.15) is 5.82 Å². The molecule has 0 fully saturated rings. The lowest BCUT2D eigenvalue weighted by molar-refractivity contribution is 0.591. The van der Waals surface area contributed by atoms with Crippen LogP contribution in [0.25, 0.3) is 0 Å². The molecule has 0 heterocycles. The molecule has 0 aromatic heterocycles. The van der Waals surface area contributed by atoms with E-state index < -0.39 is 31.6 Å². The minimum absolute atomic E-state index is 0.0135. The quantitative estimate of drug-likeness (QED) is 0.567. The van der Waals surface area contributed by atoms with Gasteiger partial charge in [-0.25, -0.2) is 21.2 Å². The third-order valence-electron chi connectivity index (χ3n) is 4.38. The van der Waals surface area contributed by atoms with Crippen molar-refractivity contribution in [1.29, 1.82) is 0 Å². The molecule has 158 valence electrons. The number of hydrogen-bond acceptors (Lipinski definition) is 4. The lowest BCUT2D eigenvalue weighted by Gasteiger charge is -2.12. The van der Waals surface area contributed by atoms with Gasteiger partial charge in [-0.05, 0) is 61.4 Å². The van der Waals surface area contributed by atoms with Crippen LogP contribution in [0, 0.1) is 19.7 Å². The first-order chi connectivity index (χ1) is 14.1. The SMILES string of the molecule is Cc1ccc(C)c(NS(=O)(=O)c2ccc(NS(=O)(=O)Cc3ccccc3F)cc2)c1. The van der Waals surface area contributed by atoms with E-state index in [4.69, 9.17) is 0 Å². The van der Waals surface area contributed by atoms with E-state index in [-0.39, 0.29) is 16.1 Å². The fourth-order valence-corrected chi connectivity index (χ4v) is 5.12. The lowest BCUT2D eigenvalue weighted by atomic mass is 10.1. The van der Waals surface area contributed by atoms with Crippen LogP contribution < -0.4 is 9.44 Å². The molecule has 0 bridgehead atoms. The van der Waals surface area contributed by atoms with Gasteiger partial charge in [0.2, 0.25) is 10.0 Å². The molecular formula is C21H21FN2O4S2. The number of anilines is 2. The van der Waals surface area contributed by atoms with Crippen LogP contribution in [0.15, 0.2) is 71.6 Å². The highest BCUT2D eigenvalue weighted by Crippen LogP contribution is 2.23. The van der Waals surface area contributed by atoms with Crippen molar-refractivity contribution in [1.82, 2.24) is 0 Å². The first kappa shape index (κ1) is 21.8. The van der Waals surface area contributed by atoms with Crippen molar-refractivity contribution in [2.45, 2.75) is 24.5 Å². The van der Waals surface area contributed by atoms with E-state index in [0.29, 0.717) is 5.69 Å². The molecule has 0 aliphatic carbocycles. The molecule has 3 aromatic rings. The molecule has 2 N–H and O–H groups in total. The van der Waals surface area contributed by atoms with Gasteiger partial charge in [0.05, 0.1) is 16.3 Å². The molecule has 6 nitrogen and oxygen atoms in total. The Hall–Kier alpha value is -2.91. The molecule has 3 aromatic carbocycles. The van der Waals surface area contributed by atoms with Crippen LogP contribution in [0.5, 0.6) is 0 Å².